The summed E-state index contributed by atoms with van der Waals surface area (Å²) < 4.78 is 43.4. The van der Waals surface area contributed by atoms with Crippen molar-refractivity contribution in [1.82, 2.24) is 4.90 Å². The van der Waals surface area contributed by atoms with Crippen molar-refractivity contribution in [2.75, 3.05) is 32.8 Å². The molecule has 1 unspecified atom stereocenters. The Balaban J connectivity index is 2.22. The van der Waals surface area contributed by atoms with Crippen LogP contribution in [-0.4, -0.2) is 37.7 Å². The molecule has 2 N–H and O–H groups in total. The van der Waals surface area contributed by atoms with E-state index in [1.807, 2.05) is 0 Å². The number of benzene rings is 1. The molecule has 0 saturated carbocycles. The smallest absolute Gasteiger partial charge is 0.379 e. The first kappa shape index (κ1) is 14.3. The van der Waals surface area contributed by atoms with Gasteiger partial charge in [0, 0.05) is 25.7 Å². The van der Waals surface area contributed by atoms with Gasteiger partial charge in [0.25, 0.3) is 0 Å². The average Bonchev–Trinajstić information content (AvgIpc) is 2.40. The molecule has 1 aromatic rings. The standard InChI is InChI=1S/C13H17F3N2O/c14-13(15,16)11-3-1-2-10(8-11)12(9-17)18-4-6-19-7-5-18/h1-3,8,12H,4-7,9,17H2. The van der Waals surface area contributed by atoms with Crippen LogP contribution in [0.1, 0.15) is 17.2 Å². The molecule has 0 amide bonds. The topological polar surface area (TPSA) is 38.5 Å². The highest BCUT2D eigenvalue weighted by atomic mass is 19.4. The molecule has 1 aliphatic rings. The van der Waals surface area contributed by atoms with Crippen molar-refractivity contribution in [3.8, 4) is 0 Å². The van der Waals surface area contributed by atoms with Crippen molar-refractivity contribution in [3.63, 3.8) is 0 Å². The summed E-state index contributed by atoms with van der Waals surface area (Å²) in [6, 6.07) is 5.21. The first-order chi connectivity index (χ1) is 9.02. The molecule has 0 aliphatic carbocycles. The molecule has 6 heteroatoms. The van der Waals surface area contributed by atoms with Crippen LogP contribution in [0.3, 0.4) is 0 Å². The molecule has 19 heavy (non-hydrogen) atoms. The highest BCUT2D eigenvalue weighted by molar-refractivity contribution is 5.28. The molecule has 1 aliphatic heterocycles. The SMILES string of the molecule is NCC(c1cccc(C(F)(F)F)c1)N1CCOCC1. The fraction of sp³-hybridized carbons (Fsp3) is 0.538. The van der Waals surface area contributed by atoms with Gasteiger partial charge in [0.1, 0.15) is 0 Å². The van der Waals surface area contributed by atoms with Crippen LogP contribution in [0.4, 0.5) is 13.2 Å². The number of nitrogens with zero attached hydrogens (tertiary/aromatic N) is 1. The van der Waals surface area contributed by atoms with Gasteiger partial charge in [0.15, 0.2) is 0 Å². The van der Waals surface area contributed by atoms with Gasteiger partial charge in [0.2, 0.25) is 0 Å². The highest BCUT2D eigenvalue weighted by Crippen LogP contribution is 2.31. The zero-order valence-corrected chi connectivity index (χ0v) is 10.5. The minimum Gasteiger partial charge on any atom is -0.379 e. The van der Waals surface area contributed by atoms with E-state index in [-0.39, 0.29) is 6.04 Å². The molecule has 1 saturated heterocycles. The lowest BCUT2D eigenvalue weighted by atomic mass is 10.0. The first-order valence-corrected chi connectivity index (χ1v) is 6.21. The summed E-state index contributed by atoms with van der Waals surface area (Å²) in [6.45, 7) is 2.86. The Labute approximate surface area is 110 Å². The van der Waals surface area contributed by atoms with Crippen molar-refractivity contribution in [1.29, 1.82) is 0 Å². The molecule has 1 aromatic carbocycles. The molecule has 1 heterocycles. The third-order valence-electron chi connectivity index (χ3n) is 3.31. The van der Waals surface area contributed by atoms with Crippen LogP contribution < -0.4 is 5.73 Å². The second-order valence-electron chi connectivity index (χ2n) is 4.52. The first-order valence-electron chi connectivity index (χ1n) is 6.21. The van der Waals surface area contributed by atoms with Crippen LogP contribution in [0.2, 0.25) is 0 Å². The number of alkyl halides is 3. The van der Waals surface area contributed by atoms with Gasteiger partial charge in [-0.15, -0.1) is 0 Å². The number of rotatable bonds is 3. The van der Waals surface area contributed by atoms with Crippen LogP contribution in [-0.2, 0) is 10.9 Å². The van der Waals surface area contributed by atoms with Crippen molar-refractivity contribution in [2.45, 2.75) is 12.2 Å². The van der Waals surface area contributed by atoms with Gasteiger partial charge in [-0.2, -0.15) is 13.2 Å². The Kier molecular flexibility index (Phi) is 4.44. The minimum atomic E-state index is -4.32. The fourth-order valence-electron chi connectivity index (χ4n) is 2.31. The monoisotopic (exact) mass is 274 g/mol. The maximum absolute atomic E-state index is 12.7. The van der Waals surface area contributed by atoms with E-state index in [4.69, 9.17) is 10.5 Å². The summed E-state index contributed by atoms with van der Waals surface area (Å²) in [7, 11) is 0. The number of morpholine rings is 1. The van der Waals surface area contributed by atoms with E-state index in [1.165, 1.54) is 12.1 Å². The van der Waals surface area contributed by atoms with Crippen molar-refractivity contribution in [3.05, 3.63) is 35.4 Å². The molecule has 2 rings (SSSR count). The second-order valence-corrected chi connectivity index (χ2v) is 4.52. The number of ether oxygens (including phenoxy) is 1. The summed E-state index contributed by atoms with van der Waals surface area (Å²) in [5, 5.41) is 0. The van der Waals surface area contributed by atoms with Gasteiger partial charge in [-0.25, -0.2) is 0 Å². The maximum atomic E-state index is 12.7. The molecular formula is C13H17F3N2O. The molecule has 0 spiro atoms. The third-order valence-corrected chi connectivity index (χ3v) is 3.31. The van der Waals surface area contributed by atoms with Crippen molar-refractivity contribution < 1.29 is 17.9 Å². The molecule has 0 aromatic heterocycles. The quantitative estimate of drug-likeness (QED) is 0.916. The largest absolute Gasteiger partial charge is 0.416 e. The molecule has 0 bridgehead atoms. The summed E-state index contributed by atoms with van der Waals surface area (Å²) in [5.41, 5.74) is 5.71. The molecule has 1 atom stereocenters. The normalized spacial score (nSPS) is 19.4. The third kappa shape index (κ3) is 3.46. The van der Waals surface area contributed by atoms with Gasteiger partial charge < -0.3 is 10.5 Å². The number of halogens is 3. The van der Waals surface area contributed by atoms with E-state index >= 15 is 0 Å². The van der Waals surface area contributed by atoms with Gasteiger partial charge in [-0.05, 0) is 17.7 Å². The van der Waals surface area contributed by atoms with E-state index in [2.05, 4.69) is 4.90 Å². The summed E-state index contributed by atoms with van der Waals surface area (Å²) >= 11 is 0. The molecule has 106 valence electrons. The van der Waals surface area contributed by atoms with Crippen molar-refractivity contribution >= 4 is 0 Å². The second kappa shape index (κ2) is 5.90. The van der Waals surface area contributed by atoms with Crippen LogP contribution in [0.15, 0.2) is 24.3 Å². The van der Waals surface area contributed by atoms with Crippen LogP contribution in [0, 0.1) is 0 Å². The zero-order chi connectivity index (χ0) is 13.9. The van der Waals surface area contributed by atoms with Gasteiger partial charge in [-0.1, -0.05) is 12.1 Å². The fourth-order valence-corrected chi connectivity index (χ4v) is 2.31. The van der Waals surface area contributed by atoms with Crippen LogP contribution in [0.5, 0.6) is 0 Å². The molecule has 3 nitrogen and oxygen atoms in total. The average molecular weight is 274 g/mol. The molecule has 0 radical (unpaired) electrons. The number of hydrogen-bond donors (Lipinski definition) is 1. The van der Waals surface area contributed by atoms with E-state index in [0.29, 0.717) is 38.4 Å². The number of hydrogen-bond acceptors (Lipinski definition) is 3. The van der Waals surface area contributed by atoms with Crippen molar-refractivity contribution in [2.24, 2.45) is 5.73 Å². The van der Waals surface area contributed by atoms with Crippen LogP contribution in [0.25, 0.3) is 0 Å². The molecular weight excluding hydrogens is 257 g/mol. The van der Waals surface area contributed by atoms with E-state index in [9.17, 15) is 13.2 Å². The predicted molar refractivity (Wildman–Crippen MR) is 65.6 cm³/mol. The van der Waals surface area contributed by atoms with Gasteiger partial charge >= 0.3 is 6.18 Å². The van der Waals surface area contributed by atoms with E-state index in [0.717, 1.165) is 6.07 Å². The van der Waals surface area contributed by atoms with Gasteiger partial charge in [-0.3, -0.25) is 4.90 Å². The lowest BCUT2D eigenvalue weighted by Gasteiger charge is -2.34. The Morgan fingerprint density at radius 3 is 2.53 bits per heavy atom. The summed E-state index contributed by atoms with van der Waals surface area (Å²) in [5.74, 6) is 0. The highest BCUT2D eigenvalue weighted by Gasteiger charge is 2.31. The molecule has 1 fully saturated rings. The van der Waals surface area contributed by atoms with E-state index in [1.54, 1.807) is 6.07 Å². The summed E-state index contributed by atoms with van der Waals surface area (Å²) in [4.78, 5) is 2.07. The summed E-state index contributed by atoms with van der Waals surface area (Å²) in [6.07, 6.45) is -4.32. The minimum absolute atomic E-state index is 0.189. The lowest BCUT2D eigenvalue weighted by molar-refractivity contribution is -0.137. The maximum Gasteiger partial charge on any atom is 0.416 e. The zero-order valence-electron chi connectivity index (χ0n) is 10.5. The number of nitrogens with two attached hydrogens (primary N) is 1. The Bertz CT molecular complexity index is 417. The lowest BCUT2D eigenvalue weighted by Crippen LogP contribution is -2.41. The van der Waals surface area contributed by atoms with Gasteiger partial charge in [0.05, 0.1) is 18.8 Å². The Hall–Kier alpha value is -1.11. The van der Waals surface area contributed by atoms with Crippen LogP contribution >= 0.6 is 0 Å². The van der Waals surface area contributed by atoms with E-state index < -0.39 is 11.7 Å². The Morgan fingerprint density at radius 2 is 1.95 bits per heavy atom. The predicted octanol–water partition coefficient (Wildman–Crippen LogP) is 2.04. The Morgan fingerprint density at radius 1 is 1.26 bits per heavy atom.